The molecule has 0 radical (unpaired) electrons. The minimum Gasteiger partial charge on any atom is -0.287 e. The zero-order chi connectivity index (χ0) is 27.7. The van der Waals surface area contributed by atoms with Crippen LogP contribution in [0, 0.1) is 11.6 Å². The summed E-state index contributed by atoms with van der Waals surface area (Å²) in [5, 5.41) is 8.06. The van der Waals surface area contributed by atoms with Crippen molar-refractivity contribution in [2.75, 3.05) is 5.75 Å². The number of aromatic nitrogens is 3. The van der Waals surface area contributed by atoms with Crippen LogP contribution in [-0.2, 0) is 21.2 Å². The quantitative estimate of drug-likeness (QED) is 0.275. The van der Waals surface area contributed by atoms with E-state index in [2.05, 4.69) is 21.8 Å². The van der Waals surface area contributed by atoms with E-state index < -0.39 is 39.2 Å². The van der Waals surface area contributed by atoms with Gasteiger partial charge in [-0.05, 0) is 42.7 Å². The highest BCUT2D eigenvalue weighted by Crippen LogP contribution is 2.43. The maximum absolute atomic E-state index is 14.4. The van der Waals surface area contributed by atoms with Crippen molar-refractivity contribution >= 4 is 38.6 Å². The van der Waals surface area contributed by atoms with Gasteiger partial charge in [-0.25, -0.2) is 21.9 Å². The van der Waals surface area contributed by atoms with Gasteiger partial charge in [0.25, 0.3) is 21.5 Å². The minimum atomic E-state index is -4.18. The third-order valence-electron chi connectivity index (χ3n) is 6.71. The molecule has 1 aliphatic rings. The SMILES string of the molecule is CCCCCCc1[nH]nc2c(=O)n3c(c(-c4ccc(F)c(F)c4)c12)SC[C@H]3C(=O)NS(=O)(=O)c1ccccc1. The molecule has 0 unspecified atom stereocenters. The molecule has 0 fully saturated rings. The summed E-state index contributed by atoms with van der Waals surface area (Å²) < 4.78 is 57.1. The lowest BCUT2D eigenvalue weighted by molar-refractivity contribution is -0.122. The summed E-state index contributed by atoms with van der Waals surface area (Å²) >= 11 is 1.18. The van der Waals surface area contributed by atoms with Gasteiger partial charge in [0, 0.05) is 22.4 Å². The molecule has 8 nitrogen and oxygen atoms in total. The summed E-state index contributed by atoms with van der Waals surface area (Å²) in [6, 6.07) is 9.75. The molecular weight excluding hydrogens is 546 g/mol. The van der Waals surface area contributed by atoms with Gasteiger partial charge in [-0.1, -0.05) is 50.5 Å². The summed E-state index contributed by atoms with van der Waals surface area (Å²) in [5.41, 5.74) is 0.958. The molecule has 2 aromatic carbocycles. The third kappa shape index (κ3) is 5.10. The van der Waals surface area contributed by atoms with Gasteiger partial charge in [-0.3, -0.25) is 19.3 Å². The van der Waals surface area contributed by atoms with E-state index in [1.807, 2.05) is 0 Å². The number of aromatic amines is 1. The van der Waals surface area contributed by atoms with Crippen LogP contribution < -0.4 is 10.3 Å². The van der Waals surface area contributed by atoms with Crippen LogP contribution in [0.5, 0.6) is 0 Å². The lowest BCUT2D eigenvalue weighted by Gasteiger charge is -2.17. The van der Waals surface area contributed by atoms with Gasteiger partial charge in [-0.2, -0.15) is 5.10 Å². The topological polar surface area (TPSA) is 114 Å². The Balaban J connectivity index is 1.62. The number of rotatable bonds is 9. The highest BCUT2D eigenvalue weighted by molar-refractivity contribution is 7.99. The molecule has 0 saturated carbocycles. The molecule has 2 N–H and O–H groups in total. The molecule has 5 rings (SSSR count). The van der Waals surface area contributed by atoms with Crippen LogP contribution in [0.15, 0.2) is 63.2 Å². The number of carbonyl (C=O) groups is 1. The average Bonchev–Trinajstić information content (AvgIpc) is 3.55. The van der Waals surface area contributed by atoms with Gasteiger partial charge in [-0.15, -0.1) is 11.8 Å². The van der Waals surface area contributed by atoms with Crippen LogP contribution >= 0.6 is 11.8 Å². The first kappa shape index (κ1) is 27.1. The van der Waals surface area contributed by atoms with Crippen LogP contribution in [0.3, 0.4) is 0 Å². The largest absolute Gasteiger partial charge is 0.287 e. The van der Waals surface area contributed by atoms with Crippen molar-refractivity contribution in [2.45, 2.75) is 55.0 Å². The molecule has 4 aromatic rings. The zero-order valence-electron chi connectivity index (χ0n) is 21.0. The van der Waals surface area contributed by atoms with Gasteiger partial charge >= 0.3 is 0 Å². The van der Waals surface area contributed by atoms with E-state index in [4.69, 9.17) is 0 Å². The highest BCUT2D eigenvalue weighted by Gasteiger charge is 2.37. The lowest BCUT2D eigenvalue weighted by Crippen LogP contribution is -2.39. The average molecular weight is 573 g/mol. The van der Waals surface area contributed by atoms with Gasteiger partial charge in [0.15, 0.2) is 17.2 Å². The van der Waals surface area contributed by atoms with Crippen molar-refractivity contribution in [3.8, 4) is 11.1 Å². The molecule has 0 saturated heterocycles. The maximum atomic E-state index is 14.4. The minimum absolute atomic E-state index is 0.0511. The predicted octanol–water partition coefficient (Wildman–Crippen LogP) is 4.94. The van der Waals surface area contributed by atoms with Crippen molar-refractivity contribution < 1.29 is 22.0 Å². The van der Waals surface area contributed by atoms with Gasteiger partial charge < -0.3 is 0 Å². The summed E-state index contributed by atoms with van der Waals surface area (Å²) in [4.78, 5) is 26.8. The van der Waals surface area contributed by atoms with E-state index in [-0.39, 0.29) is 16.2 Å². The summed E-state index contributed by atoms with van der Waals surface area (Å²) in [7, 11) is -4.18. The first-order valence-corrected chi connectivity index (χ1v) is 15.0. The normalized spacial score (nSPS) is 15.0. The number of halogens is 2. The van der Waals surface area contributed by atoms with Crippen LogP contribution in [0.2, 0.25) is 0 Å². The Morgan fingerprint density at radius 2 is 1.90 bits per heavy atom. The van der Waals surface area contributed by atoms with Crippen molar-refractivity contribution in [1.82, 2.24) is 19.5 Å². The Bertz CT molecular complexity index is 1720. The predicted molar refractivity (Wildman–Crippen MR) is 145 cm³/mol. The molecule has 0 bridgehead atoms. The molecule has 1 atom stereocenters. The number of aryl methyl sites for hydroxylation is 1. The van der Waals surface area contributed by atoms with E-state index in [9.17, 15) is 26.8 Å². The number of thioether (sulfide) groups is 1. The summed E-state index contributed by atoms with van der Waals surface area (Å²) in [6.45, 7) is 2.10. The van der Waals surface area contributed by atoms with Gasteiger partial charge in [0.1, 0.15) is 6.04 Å². The molecule has 204 valence electrons. The van der Waals surface area contributed by atoms with Gasteiger partial charge in [0.05, 0.1) is 9.92 Å². The Morgan fingerprint density at radius 1 is 1.13 bits per heavy atom. The zero-order valence-corrected chi connectivity index (χ0v) is 22.7. The van der Waals surface area contributed by atoms with E-state index in [0.29, 0.717) is 33.7 Å². The number of fused-ring (bicyclic) bond motifs is 2. The number of nitrogens with one attached hydrogen (secondary N) is 2. The maximum Gasteiger partial charge on any atom is 0.280 e. The standard InChI is InChI=1S/C27H26F2N4O4S2/c1-2-3-4-8-11-20-23-22(16-12-13-18(28)19(29)14-16)27-33(26(35)24(23)31-30-20)21(15-38-27)25(34)32-39(36,37)17-9-6-5-7-10-17/h5-7,9-10,12-14,21H,2-4,8,11,15H2,1H3,(H,30,31)(H,32,34)/t21-/m0/s1. The summed E-state index contributed by atoms with van der Waals surface area (Å²) in [6.07, 6.45) is 4.53. The first-order chi connectivity index (χ1) is 18.7. The number of pyridine rings is 1. The van der Waals surface area contributed by atoms with E-state index in [1.54, 1.807) is 6.07 Å². The van der Waals surface area contributed by atoms with Gasteiger partial charge in [0.2, 0.25) is 0 Å². The molecule has 39 heavy (non-hydrogen) atoms. The van der Waals surface area contributed by atoms with E-state index >= 15 is 0 Å². The highest BCUT2D eigenvalue weighted by atomic mass is 32.2. The van der Waals surface area contributed by atoms with Crippen molar-refractivity contribution in [1.29, 1.82) is 0 Å². The number of benzene rings is 2. The second-order valence-electron chi connectivity index (χ2n) is 9.33. The molecule has 0 spiro atoms. The number of H-pyrrole nitrogens is 1. The number of nitrogens with zero attached hydrogens (tertiary/aromatic N) is 2. The number of sulfonamides is 1. The Kier molecular flexibility index (Phi) is 7.59. The van der Waals surface area contributed by atoms with Crippen molar-refractivity contribution in [3.05, 3.63) is 76.2 Å². The van der Waals surface area contributed by atoms with Crippen LogP contribution in [-0.4, -0.2) is 34.8 Å². The molecule has 3 heterocycles. The van der Waals surface area contributed by atoms with Crippen LogP contribution in [0.25, 0.3) is 22.0 Å². The Hall–Kier alpha value is -3.51. The fourth-order valence-corrected chi connectivity index (χ4v) is 7.14. The molecule has 1 amide bonds. The first-order valence-electron chi connectivity index (χ1n) is 12.6. The Labute approximate surface area is 227 Å². The number of carbonyl (C=O) groups excluding carboxylic acids is 1. The molecular formula is C27H26F2N4O4S2. The number of amides is 1. The fourth-order valence-electron chi connectivity index (χ4n) is 4.77. The number of hydrogen-bond acceptors (Lipinski definition) is 6. The fraction of sp³-hybridized carbons (Fsp3) is 0.296. The monoisotopic (exact) mass is 572 g/mol. The second kappa shape index (κ2) is 10.9. The van der Waals surface area contributed by atoms with Crippen LogP contribution in [0.4, 0.5) is 8.78 Å². The number of hydrogen-bond donors (Lipinski definition) is 2. The van der Waals surface area contributed by atoms with E-state index in [1.165, 1.54) is 46.7 Å². The van der Waals surface area contributed by atoms with Crippen molar-refractivity contribution in [2.24, 2.45) is 0 Å². The van der Waals surface area contributed by atoms with Crippen molar-refractivity contribution in [3.63, 3.8) is 0 Å². The summed E-state index contributed by atoms with van der Waals surface area (Å²) in [5.74, 6) is -2.87. The Morgan fingerprint density at radius 3 is 2.62 bits per heavy atom. The smallest absolute Gasteiger partial charge is 0.280 e. The lowest BCUT2D eigenvalue weighted by atomic mass is 9.99. The molecule has 0 aliphatic carbocycles. The molecule has 2 aromatic heterocycles. The van der Waals surface area contributed by atoms with E-state index in [0.717, 1.165) is 37.8 Å². The molecule has 12 heteroatoms. The van der Waals surface area contributed by atoms with Crippen LogP contribution in [0.1, 0.15) is 44.3 Å². The number of unbranched alkanes of at least 4 members (excludes halogenated alkanes) is 3. The third-order valence-corrected chi connectivity index (χ3v) is 9.23. The molecule has 1 aliphatic heterocycles. The second-order valence-corrected chi connectivity index (χ2v) is 12.0.